The van der Waals surface area contributed by atoms with Gasteiger partial charge in [-0.2, -0.15) is 0 Å². The molecule has 0 aliphatic rings. The molecule has 2 heteroatoms. The predicted molar refractivity (Wildman–Crippen MR) is 105 cm³/mol. The van der Waals surface area contributed by atoms with E-state index in [2.05, 4.69) is 77.6 Å². The Bertz CT molecular complexity index is 1030. The molecule has 0 saturated heterocycles. The van der Waals surface area contributed by atoms with Crippen LogP contribution in [0.3, 0.4) is 0 Å². The molecule has 0 saturated carbocycles. The summed E-state index contributed by atoms with van der Waals surface area (Å²) in [5.74, 6) is 0.870. The standard InChI is InChI=1S/C23H19NO/c1-25-23-14-8-6-12-20(23)21(18-9-3-2-4-10-18)17-24-16-15-19-11-5-7-13-22(19)24/h2-17H,1H3/b21-17+. The van der Waals surface area contributed by atoms with Crippen LogP contribution in [-0.4, -0.2) is 11.7 Å². The Morgan fingerprint density at radius 3 is 2.36 bits per heavy atom. The van der Waals surface area contributed by atoms with Gasteiger partial charge in [-0.15, -0.1) is 0 Å². The first-order valence-electron chi connectivity index (χ1n) is 8.33. The number of fused-ring (bicyclic) bond motifs is 1. The Balaban J connectivity index is 1.95. The van der Waals surface area contributed by atoms with Gasteiger partial charge in [0.15, 0.2) is 0 Å². The highest BCUT2D eigenvalue weighted by Gasteiger charge is 2.11. The van der Waals surface area contributed by atoms with Crippen molar-refractivity contribution in [1.82, 2.24) is 4.57 Å². The second-order valence-electron chi connectivity index (χ2n) is 5.89. The number of aromatic nitrogens is 1. The van der Waals surface area contributed by atoms with E-state index in [1.807, 2.05) is 24.3 Å². The van der Waals surface area contributed by atoms with E-state index in [0.717, 1.165) is 22.4 Å². The fourth-order valence-electron chi connectivity index (χ4n) is 3.14. The van der Waals surface area contributed by atoms with Crippen molar-refractivity contribution in [3.63, 3.8) is 0 Å². The number of nitrogens with zero attached hydrogens (tertiary/aromatic N) is 1. The molecule has 4 aromatic rings. The zero-order valence-corrected chi connectivity index (χ0v) is 14.1. The first-order chi connectivity index (χ1) is 12.4. The Morgan fingerprint density at radius 1 is 0.800 bits per heavy atom. The summed E-state index contributed by atoms with van der Waals surface area (Å²) in [6.07, 6.45) is 4.28. The third kappa shape index (κ3) is 2.94. The molecule has 0 bridgehead atoms. The Labute approximate surface area is 147 Å². The molecule has 4 rings (SSSR count). The van der Waals surface area contributed by atoms with E-state index >= 15 is 0 Å². The molecule has 1 heterocycles. The molecule has 0 aliphatic heterocycles. The monoisotopic (exact) mass is 325 g/mol. The summed E-state index contributed by atoms with van der Waals surface area (Å²) in [5.41, 5.74) is 4.55. The lowest BCUT2D eigenvalue weighted by atomic mass is 9.98. The quantitative estimate of drug-likeness (QED) is 0.470. The molecule has 0 aliphatic carbocycles. The minimum Gasteiger partial charge on any atom is -0.496 e. The summed E-state index contributed by atoms with van der Waals surface area (Å²) in [7, 11) is 1.71. The second kappa shape index (κ2) is 6.70. The van der Waals surface area contributed by atoms with Crippen molar-refractivity contribution in [2.45, 2.75) is 0 Å². The molecule has 2 nitrogen and oxygen atoms in total. The molecule has 122 valence electrons. The summed E-state index contributed by atoms with van der Waals surface area (Å²) in [4.78, 5) is 0. The fourth-order valence-corrected chi connectivity index (χ4v) is 3.14. The minimum absolute atomic E-state index is 0.870. The maximum absolute atomic E-state index is 5.60. The van der Waals surface area contributed by atoms with Gasteiger partial charge in [-0.05, 0) is 29.1 Å². The summed E-state index contributed by atoms with van der Waals surface area (Å²) >= 11 is 0. The van der Waals surface area contributed by atoms with Gasteiger partial charge in [0.1, 0.15) is 5.75 Å². The number of hydrogen-bond acceptors (Lipinski definition) is 1. The maximum Gasteiger partial charge on any atom is 0.126 e. The molecule has 0 radical (unpaired) electrons. The van der Waals surface area contributed by atoms with Crippen LogP contribution in [0.25, 0.3) is 22.7 Å². The molecule has 0 fully saturated rings. The van der Waals surface area contributed by atoms with Gasteiger partial charge in [0.05, 0.1) is 12.6 Å². The summed E-state index contributed by atoms with van der Waals surface area (Å²) in [6, 6.07) is 29.1. The number of rotatable bonds is 4. The van der Waals surface area contributed by atoms with Crippen molar-refractivity contribution in [3.05, 3.63) is 102 Å². The third-order valence-corrected chi connectivity index (χ3v) is 4.38. The molecule has 0 unspecified atom stereocenters. The van der Waals surface area contributed by atoms with Crippen molar-refractivity contribution < 1.29 is 4.74 Å². The predicted octanol–water partition coefficient (Wildman–Crippen LogP) is 5.70. The van der Waals surface area contributed by atoms with Crippen LogP contribution in [0.5, 0.6) is 5.75 Å². The Kier molecular flexibility index (Phi) is 4.09. The normalized spacial score (nSPS) is 11.6. The van der Waals surface area contributed by atoms with Gasteiger partial charge < -0.3 is 9.30 Å². The molecule has 0 amide bonds. The molecule has 3 aromatic carbocycles. The zero-order chi connectivity index (χ0) is 17.1. The number of benzene rings is 3. The van der Waals surface area contributed by atoms with Crippen molar-refractivity contribution in [2.75, 3.05) is 7.11 Å². The van der Waals surface area contributed by atoms with E-state index in [9.17, 15) is 0 Å². The molecule has 0 atom stereocenters. The van der Waals surface area contributed by atoms with E-state index in [1.54, 1.807) is 7.11 Å². The van der Waals surface area contributed by atoms with Crippen LogP contribution >= 0.6 is 0 Å². The average molecular weight is 325 g/mol. The van der Waals surface area contributed by atoms with Crippen molar-refractivity contribution in [2.24, 2.45) is 0 Å². The van der Waals surface area contributed by atoms with Gasteiger partial charge in [0.2, 0.25) is 0 Å². The van der Waals surface area contributed by atoms with Gasteiger partial charge in [0, 0.05) is 23.5 Å². The average Bonchev–Trinajstić information content (AvgIpc) is 3.10. The van der Waals surface area contributed by atoms with E-state index in [1.165, 1.54) is 10.9 Å². The summed E-state index contributed by atoms with van der Waals surface area (Å²) < 4.78 is 7.78. The van der Waals surface area contributed by atoms with Crippen LogP contribution in [0.4, 0.5) is 0 Å². The van der Waals surface area contributed by atoms with Gasteiger partial charge in [-0.25, -0.2) is 0 Å². The van der Waals surface area contributed by atoms with E-state index in [4.69, 9.17) is 4.74 Å². The van der Waals surface area contributed by atoms with Gasteiger partial charge >= 0.3 is 0 Å². The summed E-state index contributed by atoms with van der Waals surface area (Å²) in [5, 5.41) is 1.23. The largest absolute Gasteiger partial charge is 0.496 e. The van der Waals surface area contributed by atoms with Gasteiger partial charge in [-0.3, -0.25) is 0 Å². The number of ether oxygens (including phenoxy) is 1. The van der Waals surface area contributed by atoms with Crippen LogP contribution in [0, 0.1) is 0 Å². The lowest BCUT2D eigenvalue weighted by molar-refractivity contribution is 0.413. The fraction of sp³-hybridized carbons (Fsp3) is 0.0435. The number of methoxy groups -OCH3 is 1. The second-order valence-corrected chi connectivity index (χ2v) is 5.89. The molecular formula is C23H19NO. The van der Waals surface area contributed by atoms with E-state index < -0.39 is 0 Å². The number of para-hydroxylation sites is 2. The maximum atomic E-state index is 5.60. The third-order valence-electron chi connectivity index (χ3n) is 4.38. The topological polar surface area (TPSA) is 14.2 Å². The smallest absolute Gasteiger partial charge is 0.126 e. The highest BCUT2D eigenvalue weighted by Crippen LogP contribution is 2.32. The van der Waals surface area contributed by atoms with Crippen LogP contribution in [0.15, 0.2) is 91.1 Å². The summed E-state index contributed by atoms with van der Waals surface area (Å²) in [6.45, 7) is 0. The molecular weight excluding hydrogens is 306 g/mol. The SMILES string of the molecule is COc1ccccc1/C(=C/n1ccc2ccccc21)c1ccccc1. The molecule has 1 aromatic heterocycles. The van der Waals surface area contributed by atoms with E-state index in [0.29, 0.717) is 0 Å². The van der Waals surface area contributed by atoms with Crippen molar-refractivity contribution in [3.8, 4) is 5.75 Å². The van der Waals surface area contributed by atoms with Crippen LogP contribution < -0.4 is 4.74 Å². The zero-order valence-electron chi connectivity index (χ0n) is 14.1. The van der Waals surface area contributed by atoms with Gasteiger partial charge in [0.25, 0.3) is 0 Å². The Morgan fingerprint density at radius 2 is 1.52 bits per heavy atom. The molecule has 0 spiro atoms. The lowest BCUT2D eigenvalue weighted by Crippen LogP contribution is -1.95. The lowest BCUT2D eigenvalue weighted by Gasteiger charge is -2.13. The van der Waals surface area contributed by atoms with Crippen LogP contribution in [-0.2, 0) is 0 Å². The van der Waals surface area contributed by atoms with E-state index in [-0.39, 0.29) is 0 Å². The van der Waals surface area contributed by atoms with Crippen LogP contribution in [0.2, 0.25) is 0 Å². The highest BCUT2D eigenvalue weighted by molar-refractivity contribution is 5.92. The minimum atomic E-state index is 0.870. The molecule has 0 N–H and O–H groups in total. The van der Waals surface area contributed by atoms with Crippen molar-refractivity contribution in [1.29, 1.82) is 0 Å². The first-order valence-corrected chi connectivity index (χ1v) is 8.33. The highest BCUT2D eigenvalue weighted by atomic mass is 16.5. The molecule has 25 heavy (non-hydrogen) atoms. The first kappa shape index (κ1) is 15.3. The van der Waals surface area contributed by atoms with Crippen molar-refractivity contribution >= 4 is 22.7 Å². The number of hydrogen-bond donors (Lipinski definition) is 0. The van der Waals surface area contributed by atoms with Crippen LogP contribution in [0.1, 0.15) is 11.1 Å². The van der Waals surface area contributed by atoms with Gasteiger partial charge in [-0.1, -0.05) is 66.7 Å². The Hall–Kier alpha value is -3.26.